The number of hydrogen-bond acceptors (Lipinski definition) is 4. The summed E-state index contributed by atoms with van der Waals surface area (Å²) in [6.45, 7) is 9.55. The molecule has 0 bridgehead atoms. The average molecular weight is 418 g/mol. The number of sulfone groups is 1. The first kappa shape index (κ1) is 21.6. The van der Waals surface area contributed by atoms with E-state index in [0.717, 1.165) is 29.7 Å². The molecule has 6 nitrogen and oxygen atoms in total. The van der Waals surface area contributed by atoms with Gasteiger partial charge in [0.1, 0.15) is 0 Å². The zero-order valence-electron chi connectivity index (χ0n) is 17.8. The van der Waals surface area contributed by atoms with Gasteiger partial charge < -0.3 is 9.47 Å². The van der Waals surface area contributed by atoms with E-state index in [0.29, 0.717) is 19.6 Å². The molecule has 29 heavy (non-hydrogen) atoms. The predicted molar refractivity (Wildman–Crippen MR) is 113 cm³/mol. The Balaban J connectivity index is 1.90. The van der Waals surface area contributed by atoms with Gasteiger partial charge >= 0.3 is 0 Å². The molecule has 1 amide bonds. The van der Waals surface area contributed by atoms with E-state index in [1.807, 2.05) is 56.9 Å². The maximum atomic E-state index is 13.2. The first-order valence-electron chi connectivity index (χ1n) is 10.3. The predicted octanol–water partition coefficient (Wildman–Crippen LogP) is 3.58. The van der Waals surface area contributed by atoms with Gasteiger partial charge in [-0.1, -0.05) is 43.7 Å². The van der Waals surface area contributed by atoms with Crippen LogP contribution in [0.2, 0.25) is 0 Å². The molecule has 158 valence electrons. The van der Waals surface area contributed by atoms with Crippen LogP contribution >= 0.6 is 0 Å². The molecule has 1 fully saturated rings. The molecular weight excluding hydrogens is 386 g/mol. The molecule has 7 heteroatoms. The maximum absolute atomic E-state index is 13.2. The summed E-state index contributed by atoms with van der Waals surface area (Å²) in [5.41, 5.74) is 2.56. The number of nitrogens with zero attached hydrogens (tertiary/aromatic N) is 3. The molecule has 1 aromatic carbocycles. The standard InChI is InChI=1S/C22H31N3O3S/c1-5-24(21(26)19-9-10-19)14-20-12-23-22(25(20)13-16(2)3)29(27,28)15-18-8-6-7-17(4)11-18/h6-8,11-12,16,19H,5,9-10,13-15H2,1-4H3. The highest BCUT2D eigenvalue weighted by Gasteiger charge is 2.33. The fourth-order valence-corrected chi connectivity index (χ4v) is 5.03. The summed E-state index contributed by atoms with van der Waals surface area (Å²) in [4.78, 5) is 18.6. The minimum Gasteiger partial charge on any atom is -0.337 e. The number of benzene rings is 1. The molecule has 0 radical (unpaired) electrons. The summed E-state index contributed by atoms with van der Waals surface area (Å²) in [6, 6.07) is 7.54. The highest BCUT2D eigenvalue weighted by molar-refractivity contribution is 7.90. The first-order chi connectivity index (χ1) is 13.7. The molecule has 1 aromatic heterocycles. The number of rotatable bonds is 9. The smallest absolute Gasteiger partial charge is 0.228 e. The molecule has 1 saturated carbocycles. The molecular formula is C22H31N3O3S. The van der Waals surface area contributed by atoms with E-state index < -0.39 is 9.84 Å². The minimum atomic E-state index is -3.60. The third kappa shape index (κ3) is 5.26. The quantitative estimate of drug-likeness (QED) is 0.625. The van der Waals surface area contributed by atoms with Crippen LogP contribution in [-0.4, -0.2) is 35.3 Å². The van der Waals surface area contributed by atoms with Gasteiger partial charge in [-0.25, -0.2) is 13.4 Å². The Bertz CT molecular complexity index is 975. The van der Waals surface area contributed by atoms with E-state index in [9.17, 15) is 13.2 Å². The van der Waals surface area contributed by atoms with Crippen molar-refractivity contribution in [2.75, 3.05) is 6.54 Å². The molecule has 0 spiro atoms. The largest absolute Gasteiger partial charge is 0.337 e. The Morgan fingerprint density at radius 1 is 1.31 bits per heavy atom. The Labute approximate surface area is 173 Å². The molecule has 1 aliphatic rings. The van der Waals surface area contributed by atoms with E-state index in [-0.39, 0.29) is 28.7 Å². The number of imidazole rings is 1. The van der Waals surface area contributed by atoms with Crippen molar-refractivity contribution in [2.24, 2.45) is 11.8 Å². The zero-order valence-corrected chi connectivity index (χ0v) is 18.6. The number of aryl methyl sites for hydroxylation is 1. The third-order valence-corrected chi connectivity index (χ3v) is 6.74. The molecule has 1 aliphatic carbocycles. The molecule has 2 aromatic rings. The van der Waals surface area contributed by atoms with Crippen LogP contribution in [0.3, 0.4) is 0 Å². The summed E-state index contributed by atoms with van der Waals surface area (Å²) >= 11 is 0. The maximum Gasteiger partial charge on any atom is 0.228 e. The lowest BCUT2D eigenvalue weighted by Crippen LogP contribution is -2.32. The van der Waals surface area contributed by atoms with E-state index in [4.69, 9.17) is 0 Å². The number of aromatic nitrogens is 2. The van der Waals surface area contributed by atoms with Gasteiger partial charge in [-0.15, -0.1) is 0 Å². The number of amides is 1. The van der Waals surface area contributed by atoms with Crippen molar-refractivity contribution in [3.05, 3.63) is 47.3 Å². The van der Waals surface area contributed by atoms with Crippen molar-refractivity contribution in [2.45, 2.75) is 64.5 Å². The minimum absolute atomic E-state index is 0.0816. The van der Waals surface area contributed by atoms with Crippen LogP contribution in [0.5, 0.6) is 0 Å². The molecule has 0 N–H and O–H groups in total. The topological polar surface area (TPSA) is 72.3 Å². The van der Waals surface area contributed by atoms with Crippen LogP contribution in [0, 0.1) is 18.8 Å². The normalized spacial score (nSPS) is 14.4. The van der Waals surface area contributed by atoms with E-state index >= 15 is 0 Å². The molecule has 0 unspecified atom stereocenters. The summed E-state index contributed by atoms with van der Waals surface area (Å²) in [6.07, 6.45) is 3.53. The van der Waals surface area contributed by atoms with Gasteiger partial charge in [0.25, 0.3) is 0 Å². The second kappa shape index (κ2) is 8.69. The second-order valence-corrected chi connectivity index (χ2v) is 10.3. The van der Waals surface area contributed by atoms with Crippen molar-refractivity contribution < 1.29 is 13.2 Å². The SMILES string of the molecule is CCN(Cc1cnc(S(=O)(=O)Cc2cccc(C)c2)n1CC(C)C)C(=O)C1CC1. The number of hydrogen-bond donors (Lipinski definition) is 0. The summed E-state index contributed by atoms with van der Waals surface area (Å²) in [7, 11) is -3.60. The summed E-state index contributed by atoms with van der Waals surface area (Å²) in [5, 5.41) is 0.0950. The van der Waals surface area contributed by atoms with Crippen molar-refractivity contribution in [1.29, 1.82) is 0 Å². The number of carbonyl (C=O) groups excluding carboxylic acids is 1. The van der Waals surface area contributed by atoms with Gasteiger partial charge in [0.15, 0.2) is 0 Å². The Morgan fingerprint density at radius 3 is 2.62 bits per heavy atom. The van der Waals surface area contributed by atoms with Gasteiger partial charge in [0.2, 0.25) is 20.9 Å². The van der Waals surface area contributed by atoms with Crippen LogP contribution < -0.4 is 0 Å². The molecule has 0 atom stereocenters. The molecule has 1 heterocycles. The highest BCUT2D eigenvalue weighted by atomic mass is 32.2. The van der Waals surface area contributed by atoms with Crippen molar-refractivity contribution >= 4 is 15.7 Å². The molecule has 0 saturated heterocycles. The second-order valence-electron chi connectivity index (χ2n) is 8.41. The fraction of sp³-hybridized carbons (Fsp3) is 0.545. The molecule has 3 rings (SSSR count). The van der Waals surface area contributed by atoms with Crippen LogP contribution in [0.4, 0.5) is 0 Å². The van der Waals surface area contributed by atoms with Crippen LogP contribution in [0.15, 0.2) is 35.6 Å². The van der Waals surface area contributed by atoms with Crippen LogP contribution in [-0.2, 0) is 33.5 Å². The highest BCUT2D eigenvalue weighted by Crippen LogP contribution is 2.31. The van der Waals surface area contributed by atoms with Gasteiger partial charge in [-0.2, -0.15) is 0 Å². The zero-order chi connectivity index (χ0) is 21.2. The van der Waals surface area contributed by atoms with Crippen molar-refractivity contribution in [3.63, 3.8) is 0 Å². The Hall–Kier alpha value is -2.15. The lowest BCUT2D eigenvalue weighted by molar-refractivity contribution is -0.133. The van der Waals surface area contributed by atoms with E-state index in [2.05, 4.69) is 4.98 Å². The fourth-order valence-electron chi connectivity index (χ4n) is 3.54. The first-order valence-corrected chi connectivity index (χ1v) is 12.0. The third-order valence-electron chi connectivity index (χ3n) is 5.14. The van der Waals surface area contributed by atoms with Gasteiger partial charge in [0, 0.05) is 19.0 Å². The van der Waals surface area contributed by atoms with E-state index in [1.54, 1.807) is 10.8 Å². The van der Waals surface area contributed by atoms with Crippen LogP contribution in [0.1, 0.15) is 50.4 Å². The van der Waals surface area contributed by atoms with Crippen LogP contribution in [0.25, 0.3) is 0 Å². The van der Waals surface area contributed by atoms with Crippen molar-refractivity contribution in [1.82, 2.24) is 14.5 Å². The van der Waals surface area contributed by atoms with Gasteiger partial charge in [-0.05, 0) is 38.2 Å². The summed E-state index contributed by atoms with van der Waals surface area (Å²) in [5.74, 6) is 0.474. The van der Waals surface area contributed by atoms with E-state index in [1.165, 1.54) is 0 Å². The van der Waals surface area contributed by atoms with Gasteiger partial charge in [-0.3, -0.25) is 4.79 Å². The average Bonchev–Trinajstić information content (AvgIpc) is 3.41. The lowest BCUT2D eigenvalue weighted by atomic mass is 10.2. The van der Waals surface area contributed by atoms with Crippen molar-refractivity contribution in [3.8, 4) is 0 Å². The number of carbonyl (C=O) groups is 1. The molecule has 0 aliphatic heterocycles. The summed E-state index contributed by atoms with van der Waals surface area (Å²) < 4.78 is 28.1. The Morgan fingerprint density at radius 2 is 2.03 bits per heavy atom. The lowest BCUT2D eigenvalue weighted by Gasteiger charge is -2.22. The van der Waals surface area contributed by atoms with Gasteiger partial charge in [0.05, 0.1) is 24.2 Å². The monoisotopic (exact) mass is 417 g/mol. The Kier molecular flexibility index (Phi) is 6.46.